The van der Waals surface area contributed by atoms with Crippen LogP contribution in [0, 0.1) is 0 Å². The van der Waals surface area contributed by atoms with E-state index < -0.39 is 17.4 Å². The minimum absolute atomic E-state index is 0.139. The molecule has 360 valence electrons. The number of rotatable bonds is 16. The van der Waals surface area contributed by atoms with Crippen LogP contribution in [0.15, 0.2) is 215 Å². The van der Waals surface area contributed by atoms with Crippen molar-refractivity contribution in [2.24, 2.45) is 9.98 Å². The third-order valence-electron chi connectivity index (χ3n) is 13.3. The summed E-state index contributed by atoms with van der Waals surface area (Å²) in [6.45, 7) is 11.6. The van der Waals surface area contributed by atoms with Crippen molar-refractivity contribution in [2.45, 2.75) is 29.1 Å². The monoisotopic (exact) mass is 994 g/mol. The molecule has 0 spiro atoms. The normalized spacial score (nSPS) is 14.1. The number of thiol groups is 2. The first-order chi connectivity index (χ1) is 35.5. The van der Waals surface area contributed by atoms with Gasteiger partial charge in [-0.15, -0.1) is 25.3 Å². The predicted molar refractivity (Wildman–Crippen MR) is 301 cm³/mol. The third-order valence-corrected chi connectivity index (χ3v) is 14.0. The van der Waals surface area contributed by atoms with Gasteiger partial charge in [0.05, 0.1) is 16.8 Å². The summed E-state index contributed by atoms with van der Waals surface area (Å²) < 4.78 is 21.7. The van der Waals surface area contributed by atoms with Crippen molar-refractivity contribution in [3.05, 3.63) is 229 Å². The summed E-state index contributed by atoms with van der Waals surface area (Å²) >= 11 is 10.3. The summed E-state index contributed by atoms with van der Waals surface area (Å²) in [6, 6.07) is 59.0. The van der Waals surface area contributed by atoms with Crippen molar-refractivity contribution in [2.75, 3.05) is 26.4 Å². The standard InChI is InChI=1S/C63H50N2O6S2/c1-5-61(66)70-29-27-68-51-23-19-45-31-41(15-17-47(45)33-51)39(3)64-57-25-21-49(37-59(57)72)63(55-14-10-9-13-53(55)54-35-43-11-7-8-12-44(43)36-56(54)63)50-22-26-58(60(73)38-50)65-40(4)42-16-18-48-34-52(24-20-46(48)32-42)69-28-30-71-62(67)6-2/h5-26,31-38,72-73H,1-2,27-30H2,3-4H3/b64-39+,65-40+. The SMILES string of the molecule is C=CC(=O)OCCOc1ccc2cc(/C(C)=N/c3ccc(C4(c5ccc(/N=C(\C)c6ccc7cc(OCCOC(=O)C=C)ccc7c6)c(S)c5)c5ccccc5-c5cc6ccccc6cc54)cc3S)ccc2c1. The molecule has 0 unspecified atom stereocenters. The van der Waals surface area contributed by atoms with Gasteiger partial charge in [0, 0.05) is 33.4 Å². The van der Waals surface area contributed by atoms with Crippen LogP contribution in [0.5, 0.6) is 11.5 Å². The summed E-state index contributed by atoms with van der Waals surface area (Å²) in [4.78, 5) is 34.6. The maximum absolute atomic E-state index is 11.4. The number of carbonyl (C=O) groups excluding carboxylic acids is 2. The van der Waals surface area contributed by atoms with E-state index in [1.807, 2.05) is 50.2 Å². The zero-order valence-corrected chi connectivity index (χ0v) is 42.1. The van der Waals surface area contributed by atoms with Crippen LogP contribution in [0.3, 0.4) is 0 Å². The van der Waals surface area contributed by atoms with Gasteiger partial charge in [0.15, 0.2) is 0 Å². The summed E-state index contributed by atoms with van der Waals surface area (Å²) in [7, 11) is 0. The fourth-order valence-electron chi connectivity index (χ4n) is 9.74. The Bertz CT molecular complexity index is 3570. The molecule has 0 saturated heterocycles. The van der Waals surface area contributed by atoms with Gasteiger partial charge >= 0.3 is 11.9 Å². The van der Waals surface area contributed by atoms with Crippen LogP contribution < -0.4 is 9.47 Å². The fraction of sp³-hybridized carbons (Fsp3) is 0.111. The number of hydrogen-bond donors (Lipinski definition) is 2. The molecular weight excluding hydrogens is 945 g/mol. The number of ether oxygens (including phenoxy) is 4. The summed E-state index contributed by atoms with van der Waals surface area (Å²) in [5, 5.41) is 6.45. The number of hydrogen-bond acceptors (Lipinski definition) is 10. The first kappa shape index (κ1) is 48.4. The Morgan fingerprint density at radius 1 is 0.479 bits per heavy atom. The fourth-order valence-corrected chi connectivity index (χ4v) is 10.3. The Morgan fingerprint density at radius 2 is 0.932 bits per heavy atom. The van der Waals surface area contributed by atoms with E-state index in [0.29, 0.717) is 11.5 Å². The van der Waals surface area contributed by atoms with Gasteiger partial charge in [-0.25, -0.2) is 9.59 Å². The minimum Gasteiger partial charge on any atom is -0.490 e. The average Bonchev–Trinajstić information content (AvgIpc) is 3.71. The Labute approximate surface area is 435 Å². The van der Waals surface area contributed by atoms with Crippen molar-refractivity contribution in [3.63, 3.8) is 0 Å². The van der Waals surface area contributed by atoms with Gasteiger partial charge in [-0.05, 0) is 163 Å². The van der Waals surface area contributed by atoms with Crippen molar-refractivity contribution in [1.29, 1.82) is 0 Å². The highest BCUT2D eigenvalue weighted by atomic mass is 32.1. The van der Waals surface area contributed by atoms with Gasteiger partial charge in [-0.3, -0.25) is 9.98 Å². The van der Waals surface area contributed by atoms with Crippen molar-refractivity contribution < 1.29 is 28.5 Å². The van der Waals surface area contributed by atoms with Crippen molar-refractivity contribution in [3.8, 4) is 22.6 Å². The Balaban J connectivity index is 0.982. The quantitative estimate of drug-likeness (QED) is 0.0329. The zero-order valence-electron chi connectivity index (χ0n) is 40.3. The summed E-state index contributed by atoms with van der Waals surface area (Å²) in [5.74, 6) is 0.425. The van der Waals surface area contributed by atoms with Crippen LogP contribution in [0.1, 0.15) is 47.2 Å². The molecular formula is C63H50N2O6S2. The second kappa shape index (κ2) is 20.9. The van der Waals surface area contributed by atoms with Crippen molar-refractivity contribution >= 4 is 92.3 Å². The lowest BCUT2D eigenvalue weighted by molar-refractivity contribution is -0.139. The molecule has 0 atom stereocenters. The molecule has 9 aromatic rings. The van der Waals surface area contributed by atoms with Gasteiger partial charge in [0.1, 0.15) is 37.9 Å². The van der Waals surface area contributed by atoms with E-state index in [4.69, 9.17) is 54.2 Å². The van der Waals surface area contributed by atoms with E-state index in [9.17, 15) is 9.59 Å². The molecule has 73 heavy (non-hydrogen) atoms. The smallest absolute Gasteiger partial charge is 0.330 e. The first-order valence-electron chi connectivity index (χ1n) is 23.9. The molecule has 0 N–H and O–H groups in total. The average molecular weight is 995 g/mol. The number of benzene rings is 9. The molecule has 0 saturated carbocycles. The first-order valence-corrected chi connectivity index (χ1v) is 24.7. The molecule has 0 aromatic heterocycles. The van der Waals surface area contributed by atoms with Crippen LogP contribution >= 0.6 is 25.3 Å². The molecule has 0 bridgehead atoms. The van der Waals surface area contributed by atoms with Crippen LogP contribution in [-0.4, -0.2) is 49.8 Å². The summed E-state index contributed by atoms with van der Waals surface area (Å²) in [6.07, 6.45) is 2.27. The lowest BCUT2D eigenvalue weighted by atomic mass is 9.67. The maximum Gasteiger partial charge on any atom is 0.330 e. The Morgan fingerprint density at radius 3 is 1.44 bits per heavy atom. The largest absolute Gasteiger partial charge is 0.490 e. The molecule has 10 heteroatoms. The molecule has 0 heterocycles. The van der Waals surface area contributed by atoms with Gasteiger partial charge in [-0.2, -0.15) is 0 Å². The Hall–Kier alpha value is -8.18. The van der Waals surface area contributed by atoms with Crippen LogP contribution in [0.4, 0.5) is 11.4 Å². The zero-order chi connectivity index (χ0) is 50.6. The second-order valence-electron chi connectivity index (χ2n) is 17.7. The topological polar surface area (TPSA) is 95.8 Å². The molecule has 0 radical (unpaired) electrons. The summed E-state index contributed by atoms with van der Waals surface area (Å²) in [5.41, 5.74) is 11.2. The van der Waals surface area contributed by atoms with E-state index in [2.05, 4.69) is 147 Å². The predicted octanol–water partition coefficient (Wildman–Crippen LogP) is 14.6. The van der Waals surface area contributed by atoms with Crippen LogP contribution in [0.2, 0.25) is 0 Å². The van der Waals surface area contributed by atoms with Crippen LogP contribution in [-0.2, 0) is 24.5 Å². The molecule has 0 amide bonds. The van der Waals surface area contributed by atoms with Gasteiger partial charge in [-0.1, -0.05) is 110 Å². The highest BCUT2D eigenvalue weighted by Crippen LogP contribution is 2.58. The highest BCUT2D eigenvalue weighted by molar-refractivity contribution is 7.80. The number of carbonyl (C=O) groups is 2. The van der Waals surface area contributed by atoms with Gasteiger partial charge < -0.3 is 18.9 Å². The van der Waals surface area contributed by atoms with E-state index in [0.717, 1.165) is 93.9 Å². The number of nitrogens with zero attached hydrogens (tertiary/aromatic N) is 2. The van der Waals surface area contributed by atoms with E-state index >= 15 is 0 Å². The lowest BCUT2D eigenvalue weighted by Crippen LogP contribution is -2.28. The molecule has 10 rings (SSSR count). The number of fused-ring (bicyclic) bond motifs is 6. The minimum atomic E-state index is -0.743. The maximum atomic E-state index is 11.4. The molecule has 9 aromatic carbocycles. The third kappa shape index (κ3) is 9.79. The molecule has 0 fully saturated rings. The second-order valence-corrected chi connectivity index (χ2v) is 18.7. The van der Waals surface area contributed by atoms with Gasteiger partial charge in [0.25, 0.3) is 0 Å². The van der Waals surface area contributed by atoms with E-state index in [-0.39, 0.29) is 26.4 Å². The highest BCUT2D eigenvalue weighted by Gasteiger charge is 2.46. The number of esters is 2. The lowest BCUT2D eigenvalue weighted by Gasteiger charge is -2.34. The number of aliphatic imine (C=N–C) groups is 2. The molecule has 1 aliphatic rings. The van der Waals surface area contributed by atoms with Gasteiger partial charge in [0.2, 0.25) is 0 Å². The molecule has 0 aliphatic heterocycles. The molecule has 8 nitrogen and oxygen atoms in total. The Kier molecular flexibility index (Phi) is 13.9. The van der Waals surface area contributed by atoms with E-state index in [1.54, 1.807) is 0 Å². The van der Waals surface area contributed by atoms with Crippen LogP contribution in [0.25, 0.3) is 43.4 Å². The molecule has 1 aliphatic carbocycles. The van der Waals surface area contributed by atoms with E-state index in [1.165, 1.54) is 27.6 Å². The van der Waals surface area contributed by atoms with Crippen molar-refractivity contribution in [1.82, 2.24) is 0 Å².